The topological polar surface area (TPSA) is 88.3 Å². The highest BCUT2D eigenvalue weighted by Crippen LogP contribution is 2.19. The predicted molar refractivity (Wildman–Crippen MR) is 98.8 cm³/mol. The molecule has 0 saturated carbocycles. The molecule has 1 aromatic rings. The molecule has 2 amide bonds. The van der Waals surface area contributed by atoms with E-state index in [4.69, 9.17) is 5.73 Å². The van der Waals surface area contributed by atoms with Crippen LogP contribution >= 0.6 is 24.8 Å². The van der Waals surface area contributed by atoms with Crippen molar-refractivity contribution in [3.8, 4) is 0 Å². The monoisotopic (exact) mass is 376 g/mol. The molecule has 1 aromatic heterocycles. The van der Waals surface area contributed by atoms with Crippen molar-refractivity contribution in [1.29, 1.82) is 0 Å². The number of aryl methyl sites for hydroxylation is 1. The van der Waals surface area contributed by atoms with E-state index in [1.54, 1.807) is 6.20 Å². The Hall–Kier alpha value is -1.37. The van der Waals surface area contributed by atoms with Gasteiger partial charge in [-0.1, -0.05) is 0 Å². The maximum Gasteiger partial charge on any atom is 0.255 e. The van der Waals surface area contributed by atoms with Crippen molar-refractivity contribution in [2.24, 2.45) is 5.73 Å². The van der Waals surface area contributed by atoms with Crippen molar-refractivity contribution in [3.05, 3.63) is 29.6 Å². The smallest absolute Gasteiger partial charge is 0.255 e. The number of rotatable bonds is 5. The highest BCUT2D eigenvalue weighted by atomic mass is 35.5. The number of pyridine rings is 1. The van der Waals surface area contributed by atoms with Crippen molar-refractivity contribution in [3.63, 3.8) is 0 Å². The molecule has 24 heavy (non-hydrogen) atoms. The Morgan fingerprint density at radius 3 is 2.71 bits per heavy atom. The zero-order valence-corrected chi connectivity index (χ0v) is 15.5. The molecule has 1 fully saturated rings. The summed E-state index contributed by atoms with van der Waals surface area (Å²) in [6, 6.07) is 3.70. The zero-order chi connectivity index (χ0) is 15.9. The molecule has 0 aromatic carbocycles. The zero-order valence-electron chi connectivity index (χ0n) is 13.9. The van der Waals surface area contributed by atoms with Crippen LogP contribution in [-0.4, -0.2) is 47.4 Å². The van der Waals surface area contributed by atoms with Crippen LogP contribution in [0.1, 0.15) is 41.7 Å². The first-order valence-electron chi connectivity index (χ1n) is 7.82. The van der Waals surface area contributed by atoms with Crippen molar-refractivity contribution in [2.75, 3.05) is 19.6 Å². The molecule has 1 saturated heterocycles. The van der Waals surface area contributed by atoms with Crippen molar-refractivity contribution in [1.82, 2.24) is 15.2 Å². The number of piperidine rings is 1. The van der Waals surface area contributed by atoms with Crippen LogP contribution in [0.25, 0.3) is 0 Å². The number of nitrogens with one attached hydrogen (secondary N) is 1. The Kier molecular flexibility index (Phi) is 10.6. The van der Waals surface area contributed by atoms with E-state index in [9.17, 15) is 9.59 Å². The molecule has 0 aliphatic carbocycles. The quantitative estimate of drug-likeness (QED) is 0.818. The van der Waals surface area contributed by atoms with Gasteiger partial charge in [0.05, 0.1) is 5.56 Å². The Morgan fingerprint density at radius 1 is 1.33 bits per heavy atom. The van der Waals surface area contributed by atoms with E-state index in [0.29, 0.717) is 25.1 Å². The van der Waals surface area contributed by atoms with Crippen molar-refractivity contribution in [2.45, 2.75) is 38.6 Å². The van der Waals surface area contributed by atoms with Crippen LogP contribution in [0.15, 0.2) is 18.3 Å². The lowest BCUT2D eigenvalue weighted by molar-refractivity contribution is -0.121. The minimum atomic E-state index is -0.0579. The first-order valence-corrected chi connectivity index (χ1v) is 7.82. The minimum Gasteiger partial charge on any atom is -0.354 e. The summed E-state index contributed by atoms with van der Waals surface area (Å²) in [7, 11) is 0. The van der Waals surface area contributed by atoms with Gasteiger partial charge in [0, 0.05) is 44.0 Å². The molecule has 1 unspecified atom stereocenters. The van der Waals surface area contributed by atoms with Crippen LogP contribution in [-0.2, 0) is 4.79 Å². The summed E-state index contributed by atoms with van der Waals surface area (Å²) in [5, 5.41) is 2.87. The van der Waals surface area contributed by atoms with Crippen LogP contribution in [0, 0.1) is 6.92 Å². The lowest BCUT2D eigenvalue weighted by Crippen LogP contribution is -2.49. The number of hydrogen-bond donors (Lipinski definition) is 2. The number of carbonyl (C=O) groups is 2. The van der Waals surface area contributed by atoms with E-state index in [1.807, 2.05) is 24.0 Å². The van der Waals surface area contributed by atoms with Crippen LogP contribution < -0.4 is 11.1 Å². The molecular weight excluding hydrogens is 351 g/mol. The number of nitrogens with zero attached hydrogens (tertiary/aromatic N) is 2. The van der Waals surface area contributed by atoms with Gasteiger partial charge in [0.2, 0.25) is 5.91 Å². The second-order valence-corrected chi connectivity index (χ2v) is 5.68. The molecule has 1 aliphatic heterocycles. The summed E-state index contributed by atoms with van der Waals surface area (Å²) in [6.07, 6.45) is 4.93. The second kappa shape index (κ2) is 11.2. The van der Waals surface area contributed by atoms with Gasteiger partial charge >= 0.3 is 0 Å². The predicted octanol–water partition coefficient (Wildman–Crippen LogP) is 1.69. The summed E-state index contributed by atoms with van der Waals surface area (Å²) in [4.78, 5) is 30.3. The highest BCUT2D eigenvalue weighted by Gasteiger charge is 2.27. The molecule has 0 bridgehead atoms. The Labute approximate surface area is 155 Å². The molecule has 8 heteroatoms. The lowest BCUT2D eigenvalue weighted by Gasteiger charge is -2.36. The molecular formula is C16H26Cl2N4O2. The van der Waals surface area contributed by atoms with E-state index in [0.717, 1.165) is 31.5 Å². The Morgan fingerprint density at radius 2 is 2.08 bits per heavy atom. The number of likely N-dealkylation sites (tertiary alicyclic amines) is 1. The third-order valence-corrected chi connectivity index (χ3v) is 3.95. The summed E-state index contributed by atoms with van der Waals surface area (Å²) in [6.45, 7) is 3.45. The van der Waals surface area contributed by atoms with E-state index in [2.05, 4.69) is 10.3 Å². The Balaban J connectivity index is 0.00000264. The van der Waals surface area contributed by atoms with Crippen molar-refractivity contribution >= 4 is 36.6 Å². The van der Waals surface area contributed by atoms with E-state index in [1.165, 1.54) is 0 Å². The summed E-state index contributed by atoms with van der Waals surface area (Å²) < 4.78 is 0. The molecule has 1 atom stereocenters. The lowest BCUT2D eigenvalue weighted by atomic mass is 10.0. The third kappa shape index (κ3) is 6.26. The van der Waals surface area contributed by atoms with Crippen LogP contribution in [0.2, 0.25) is 0 Å². The minimum absolute atomic E-state index is 0. The molecule has 1 aliphatic rings. The van der Waals surface area contributed by atoms with Gasteiger partial charge in [-0.05, 0) is 38.3 Å². The maximum absolute atomic E-state index is 12.6. The molecule has 2 heterocycles. The summed E-state index contributed by atoms with van der Waals surface area (Å²) in [5.74, 6) is -0.0669. The second-order valence-electron chi connectivity index (χ2n) is 5.68. The highest BCUT2D eigenvalue weighted by molar-refractivity contribution is 5.94. The van der Waals surface area contributed by atoms with Gasteiger partial charge in [0.1, 0.15) is 0 Å². The van der Waals surface area contributed by atoms with Gasteiger partial charge in [0.25, 0.3) is 5.91 Å². The molecule has 2 rings (SSSR count). The summed E-state index contributed by atoms with van der Waals surface area (Å²) in [5.41, 5.74) is 6.86. The Bertz CT molecular complexity index is 525. The fourth-order valence-corrected chi connectivity index (χ4v) is 2.69. The van der Waals surface area contributed by atoms with Gasteiger partial charge in [0.15, 0.2) is 0 Å². The van der Waals surface area contributed by atoms with Crippen LogP contribution in [0.3, 0.4) is 0 Å². The molecule has 0 spiro atoms. The van der Waals surface area contributed by atoms with Gasteiger partial charge in [-0.2, -0.15) is 0 Å². The SMILES string of the molecule is Cc1ccc(C(=O)N2CCCCC2CNC(=O)CCN)cn1.Cl.Cl. The molecule has 6 nitrogen and oxygen atoms in total. The van der Waals surface area contributed by atoms with Gasteiger partial charge in [-0.25, -0.2) is 0 Å². The average molecular weight is 377 g/mol. The number of carbonyl (C=O) groups excluding carboxylic acids is 2. The van der Waals surface area contributed by atoms with Gasteiger partial charge in [-0.3, -0.25) is 14.6 Å². The van der Waals surface area contributed by atoms with E-state index in [-0.39, 0.29) is 42.7 Å². The number of halogens is 2. The number of aromatic nitrogens is 1. The largest absolute Gasteiger partial charge is 0.354 e. The average Bonchev–Trinajstić information content (AvgIpc) is 2.53. The maximum atomic E-state index is 12.6. The number of amides is 2. The number of hydrogen-bond acceptors (Lipinski definition) is 4. The fourth-order valence-electron chi connectivity index (χ4n) is 2.69. The molecule has 3 N–H and O–H groups in total. The molecule has 136 valence electrons. The fraction of sp³-hybridized carbons (Fsp3) is 0.562. The van der Waals surface area contributed by atoms with Gasteiger partial charge in [-0.15, -0.1) is 24.8 Å². The van der Waals surface area contributed by atoms with Crippen LogP contribution in [0.5, 0.6) is 0 Å². The third-order valence-electron chi connectivity index (χ3n) is 3.95. The normalized spacial score (nSPS) is 16.6. The summed E-state index contributed by atoms with van der Waals surface area (Å²) >= 11 is 0. The first-order chi connectivity index (χ1) is 10.6. The molecule has 0 radical (unpaired) electrons. The standard InChI is InChI=1S/C16H24N4O2.2ClH/c1-12-5-6-13(10-18-12)16(22)20-9-3-2-4-14(20)11-19-15(21)7-8-17;;/h5-6,10,14H,2-4,7-9,11,17H2,1H3,(H,19,21);2*1H. The number of nitrogens with two attached hydrogens (primary N) is 1. The van der Waals surface area contributed by atoms with Crippen LogP contribution in [0.4, 0.5) is 0 Å². The van der Waals surface area contributed by atoms with Crippen molar-refractivity contribution < 1.29 is 9.59 Å². The van der Waals surface area contributed by atoms with E-state index >= 15 is 0 Å². The first kappa shape index (κ1) is 22.6. The van der Waals surface area contributed by atoms with Gasteiger partial charge < -0.3 is 16.0 Å². The van der Waals surface area contributed by atoms with E-state index < -0.39 is 0 Å².